The first-order chi connectivity index (χ1) is 11.3. The van der Waals surface area contributed by atoms with Crippen molar-refractivity contribution >= 4 is 6.03 Å². The average Bonchev–Trinajstić information content (AvgIpc) is 3.05. The van der Waals surface area contributed by atoms with E-state index < -0.39 is 0 Å². The molecule has 2 amide bonds. The van der Waals surface area contributed by atoms with Crippen molar-refractivity contribution in [3.8, 4) is 11.5 Å². The van der Waals surface area contributed by atoms with Crippen LogP contribution in [0.3, 0.4) is 0 Å². The maximum atomic E-state index is 11.8. The zero-order valence-corrected chi connectivity index (χ0v) is 13.3. The summed E-state index contributed by atoms with van der Waals surface area (Å²) < 4.78 is 16.3. The molecule has 0 spiro atoms. The molecule has 6 nitrogen and oxygen atoms in total. The highest BCUT2D eigenvalue weighted by Crippen LogP contribution is 2.32. The van der Waals surface area contributed by atoms with Crippen molar-refractivity contribution in [1.29, 1.82) is 0 Å². The van der Waals surface area contributed by atoms with Crippen molar-refractivity contribution in [3.05, 3.63) is 23.8 Å². The number of nitrogens with one attached hydrogen (secondary N) is 2. The molecule has 23 heavy (non-hydrogen) atoms. The first kappa shape index (κ1) is 15.9. The molecule has 3 rings (SSSR count). The van der Waals surface area contributed by atoms with Gasteiger partial charge in [0.2, 0.25) is 6.79 Å². The van der Waals surface area contributed by atoms with Gasteiger partial charge in [0.1, 0.15) is 0 Å². The first-order valence-electron chi connectivity index (χ1n) is 8.33. The Morgan fingerprint density at radius 2 is 2.09 bits per heavy atom. The van der Waals surface area contributed by atoms with Gasteiger partial charge >= 0.3 is 6.03 Å². The molecule has 2 N–H and O–H groups in total. The van der Waals surface area contributed by atoms with Gasteiger partial charge in [0.05, 0.1) is 6.10 Å². The van der Waals surface area contributed by atoms with Crippen LogP contribution in [0.4, 0.5) is 4.79 Å². The Kier molecular flexibility index (Phi) is 5.58. The van der Waals surface area contributed by atoms with Gasteiger partial charge in [-0.05, 0) is 49.8 Å². The molecule has 0 radical (unpaired) electrons. The van der Waals surface area contributed by atoms with Gasteiger partial charge in [0, 0.05) is 19.7 Å². The van der Waals surface area contributed by atoms with E-state index in [0.717, 1.165) is 42.9 Å². The Morgan fingerprint density at radius 3 is 2.96 bits per heavy atom. The molecular formula is C17H24N2O4. The summed E-state index contributed by atoms with van der Waals surface area (Å²) in [6.07, 6.45) is 5.92. The molecule has 1 fully saturated rings. The van der Waals surface area contributed by atoms with Crippen LogP contribution in [0.2, 0.25) is 0 Å². The van der Waals surface area contributed by atoms with E-state index >= 15 is 0 Å². The van der Waals surface area contributed by atoms with Crippen molar-refractivity contribution in [2.24, 2.45) is 0 Å². The minimum Gasteiger partial charge on any atom is -0.454 e. The van der Waals surface area contributed by atoms with Gasteiger partial charge in [-0.1, -0.05) is 6.07 Å². The first-order valence-corrected chi connectivity index (χ1v) is 8.33. The van der Waals surface area contributed by atoms with Crippen molar-refractivity contribution in [2.75, 3.05) is 19.9 Å². The van der Waals surface area contributed by atoms with Crippen LogP contribution in [0.15, 0.2) is 18.2 Å². The van der Waals surface area contributed by atoms with Crippen molar-refractivity contribution in [2.45, 2.75) is 44.8 Å². The molecule has 1 aromatic carbocycles. The number of urea groups is 1. The molecule has 0 bridgehead atoms. The predicted octanol–water partition coefficient (Wildman–Crippen LogP) is 2.56. The van der Waals surface area contributed by atoms with Crippen molar-refractivity contribution < 1.29 is 19.0 Å². The van der Waals surface area contributed by atoms with E-state index in [0.29, 0.717) is 19.2 Å². The van der Waals surface area contributed by atoms with Gasteiger partial charge in [-0.15, -0.1) is 0 Å². The van der Waals surface area contributed by atoms with Gasteiger partial charge in [0.25, 0.3) is 0 Å². The fourth-order valence-electron chi connectivity index (χ4n) is 2.86. The lowest BCUT2D eigenvalue weighted by Crippen LogP contribution is -2.35. The Labute approximate surface area is 136 Å². The third-order valence-electron chi connectivity index (χ3n) is 4.15. The zero-order valence-electron chi connectivity index (χ0n) is 13.3. The third kappa shape index (κ3) is 4.76. The van der Waals surface area contributed by atoms with E-state index in [-0.39, 0.29) is 12.8 Å². The summed E-state index contributed by atoms with van der Waals surface area (Å²) in [7, 11) is 0. The number of benzene rings is 1. The minimum absolute atomic E-state index is 0.146. The van der Waals surface area contributed by atoms with E-state index in [4.69, 9.17) is 14.2 Å². The van der Waals surface area contributed by atoms with E-state index in [1.54, 1.807) is 0 Å². The summed E-state index contributed by atoms with van der Waals surface area (Å²) in [4.78, 5) is 11.8. The number of carbonyl (C=O) groups is 1. The lowest BCUT2D eigenvalue weighted by Gasteiger charge is -2.22. The number of hydrogen-bond donors (Lipinski definition) is 2. The monoisotopic (exact) mass is 320 g/mol. The lowest BCUT2D eigenvalue weighted by molar-refractivity contribution is 0.0103. The number of fused-ring (bicyclic) bond motifs is 1. The van der Waals surface area contributed by atoms with Crippen LogP contribution < -0.4 is 20.1 Å². The molecule has 2 heterocycles. The van der Waals surface area contributed by atoms with Crippen LogP contribution in [-0.2, 0) is 11.3 Å². The summed E-state index contributed by atoms with van der Waals surface area (Å²) in [5.41, 5.74) is 0.986. The van der Waals surface area contributed by atoms with E-state index in [1.165, 1.54) is 12.8 Å². The van der Waals surface area contributed by atoms with Crippen molar-refractivity contribution in [1.82, 2.24) is 10.6 Å². The fourth-order valence-corrected chi connectivity index (χ4v) is 2.86. The molecule has 2 aliphatic heterocycles. The molecule has 2 aliphatic rings. The highest BCUT2D eigenvalue weighted by Gasteiger charge is 2.14. The van der Waals surface area contributed by atoms with Crippen LogP contribution in [0, 0.1) is 0 Å². The number of rotatable bonds is 6. The van der Waals surface area contributed by atoms with Crippen LogP contribution in [0.25, 0.3) is 0 Å². The second kappa shape index (κ2) is 8.06. The summed E-state index contributed by atoms with van der Waals surface area (Å²) in [6, 6.07) is 5.53. The van der Waals surface area contributed by atoms with E-state index in [9.17, 15) is 4.79 Å². The molecule has 0 aromatic heterocycles. The Morgan fingerprint density at radius 1 is 1.17 bits per heavy atom. The molecule has 126 valence electrons. The predicted molar refractivity (Wildman–Crippen MR) is 85.6 cm³/mol. The van der Waals surface area contributed by atoms with Gasteiger partial charge in [-0.3, -0.25) is 0 Å². The SMILES string of the molecule is O=C(NCCCC1CCCCO1)NCc1ccc2c(c1)OCO2. The van der Waals surface area contributed by atoms with Crippen LogP contribution in [-0.4, -0.2) is 32.1 Å². The number of ether oxygens (including phenoxy) is 3. The molecule has 6 heteroatoms. The van der Waals surface area contributed by atoms with Crippen LogP contribution in [0.5, 0.6) is 11.5 Å². The second-order valence-corrected chi connectivity index (χ2v) is 5.93. The molecule has 1 saturated heterocycles. The number of carbonyl (C=O) groups excluding carboxylic acids is 1. The average molecular weight is 320 g/mol. The molecular weight excluding hydrogens is 296 g/mol. The summed E-state index contributed by atoms with van der Waals surface area (Å²) >= 11 is 0. The molecule has 0 aliphatic carbocycles. The Balaban J connectivity index is 1.30. The second-order valence-electron chi connectivity index (χ2n) is 5.93. The number of hydrogen-bond acceptors (Lipinski definition) is 4. The van der Waals surface area contributed by atoms with Crippen LogP contribution in [0.1, 0.15) is 37.7 Å². The largest absolute Gasteiger partial charge is 0.454 e. The molecule has 1 atom stereocenters. The maximum Gasteiger partial charge on any atom is 0.315 e. The van der Waals surface area contributed by atoms with Gasteiger partial charge in [0.15, 0.2) is 11.5 Å². The molecule has 1 unspecified atom stereocenters. The van der Waals surface area contributed by atoms with Gasteiger partial charge < -0.3 is 24.8 Å². The van der Waals surface area contributed by atoms with Gasteiger partial charge in [-0.2, -0.15) is 0 Å². The van der Waals surface area contributed by atoms with Crippen molar-refractivity contribution in [3.63, 3.8) is 0 Å². The maximum absolute atomic E-state index is 11.8. The third-order valence-corrected chi connectivity index (χ3v) is 4.15. The summed E-state index contributed by atoms with van der Waals surface area (Å²) in [5, 5.41) is 5.73. The summed E-state index contributed by atoms with van der Waals surface area (Å²) in [5.74, 6) is 1.49. The normalized spacial score (nSPS) is 19.4. The molecule has 1 aromatic rings. The zero-order chi connectivity index (χ0) is 15.9. The lowest BCUT2D eigenvalue weighted by atomic mass is 10.0. The summed E-state index contributed by atoms with van der Waals surface area (Å²) in [6.45, 7) is 2.28. The topological polar surface area (TPSA) is 68.8 Å². The Hall–Kier alpha value is -1.95. The number of amides is 2. The molecule has 0 saturated carbocycles. The van der Waals surface area contributed by atoms with E-state index in [1.807, 2.05) is 18.2 Å². The van der Waals surface area contributed by atoms with E-state index in [2.05, 4.69) is 10.6 Å². The standard InChI is InChI=1S/C17H24N2O4/c20-17(18-8-3-5-14-4-1-2-9-21-14)19-11-13-6-7-15-16(10-13)23-12-22-15/h6-7,10,14H,1-5,8-9,11-12H2,(H2,18,19,20). The Bertz CT molecular complexity index is 529. The van der Waals surface area contributed by atoms with Gasteiger partial charge in [-0.25, -0.2) is 4.79 Å². The highest BCUT2D eigenvalue weighted by molar-refractivity contribution is 5.73. The van der Waals surface area contributed by atoms with Crippen LogP contribution >= 0.6 is 0 Å². The highest BCUT2D eigenvalue weighted by atomic mass is 16.7. The quantitative estimate of drug-likeness (QED) is 0.791. The minimum atomic E-state index is -0.146. The smallest absolute Gasteiger partial charge is 0.315 e. The fraction of sp³-hybridized carbons (Fsp3) is 0.588.